The van der Waals surface area contributed by atoms with E-state index in [2.05, 4.69) is 22.0 Å². The number of rotatable bonds is 2. The number of aliphatic hydroxyl groups excluding tert-OH is 1. The number of benzene rings is 2. The summed E-state index contributed by atoms with van der Waals surface area (Å²) in [7, 11) is 0. The van der Waals surface area contributed by atoms with Gasteiger partial charge in [0.05, 0.1) is 0 Å². The van der Waals surface area contributed by atoms with Crippen LogP contribution in [0.25, 0.3) is 0 Å². The summed E-state index contributed by atoms with van der Waals surface area (Å²) in [6, 6.07) is 13.9. The van der Waals surface area contributed by atoms with E-state index >= 15 is 0 Å². The van der Waals surface area contributed by atoms with E-state index in [-0.39, 0.29) is 0 Å². The molecular formula is C15H15BrO. The lowest BCUT2D eigenvalue weighted by Crippen LogP contribution is -2.02. The van der Waals surface area contributed by atoms with Crippen molar-refractivity contribution in [3.05, 3.63) is 69.2 Å². The lowest BCUT2D eigenvalue weighted by Gasteiger charge is -2.15. The van der Waals surface area contributed by atoms with Crippen molar-refractivity contribution < 1.29 is 5.11 Å². The van der Waals surface area contributed by atoms with Gasteiger partial charge in [0.1, 0.15) is 6.10 Å². The molecule has 0 amide bonds. The largest absolute Gasteiger partial charge is 0.384 e. The summed E-state index contributed by atoms with van der Waals surface area (Å²) in [4.78, 5) is 0. The van der Waals surface area contributed by atoms with Gasteiger partial charge in [0, 0.05) is 4.47 Å². The van der Waals surface area contributed by atoms with Crippen molar-refractivity contribution >= 4 is 15.9 Å². The third-order valence-corrected chi connectivity index (χ3v) is 3.39. The van der Waals surface area contributed by atoms with Crippen molar-refractivity contribution in [2.24, 2.45) is 0 Å². The van der Waals surface area contributed by atoms with Crippen molar-refractivity contribution in [3.8, 4) is 0 Å². The summed E-state index contributed by atoms with van der Waals surface area (Å²) in [5, 5.41) is 10.4. The molecule has 0 radical (unpaired) electrons. The minimum Gasteiger partial charge on any atom is -0.384 e. The molecular weight excluding hydrogens is 276 g/mol. The fourth-order valence-corrected chi connectivity index (χ4v) is 2.33. The van der Waals surface area contributed by atoms with Crippen molar-refractivity contribution in [1.29, 1.82) is 0 Å². The van der Waals surface area contributed by atoms with Crippen LogP contribution in [0, 0.1) is 13.8 Å². The van der Waals surface area contributed by atoms with E-state index in [9.17, 15) is 5.11 Å². The first-order valence-electron chi connectivity index (χ1n) is 5.58. The first-order chi connectivity index (χ1) is 8.08. The van der Waals surface area contributed by atoms with Crippen LogP contribution in [0.3, 0.4) is 0 Å². The summed E-state index contributed by atoms with van der Waals surface area (Å²) in [6.45, 7) is 4.06. The second-order valence-corrected chi connectivity index (χ2v) is 5.23. The quantitative estimate of drug-likeness (QED) is 0.881. The number of hydrogen-bond donors (Lipinski definition) is 1. The average Bonchev–Trinajstić information content (AvgIpc) is 2.31. The molecule has 2 heteroatoms. The Labute approximate surface area is 110 Å². The normalized spacial score (nSPS) is 12.5. The van der Waals surface area contributed by atoms with E-state index in [1.165, 1.54) is 5.56 Å². The predicted octanol–water partition coefficient (Wildman–Crippen LogP) is 4.15. The Morgan fingerprint density at radius 2 is 1.82 bits per heavy atom. The van der Waals surface area contributed by atoms with Gasteiger partial charge in [-0.15, -0.1) is 0 Å². The number of aliphatic hydroxyl groups is 1. The Bertz CT molecular complexity index is 534. The first kappa shape index (κ1) is 12.3. The van der Waals surface area contributed by atoms with Gasteiger partial charge in [-0.2, -0.15) is 0 Å². The second-order valence-electron chi connectivity index (χ2n) is 4.32. The average molecular weight is 291 g/mol. The molecule has 17 heavy (non-hydrogen) atoms. The Morgan fingerprint density at radius 3 is 2.53 bits per heavy atom. The molecule has 88 valence electrons. The molecule has 0 fully saturated rings. The standard InChI is InChI=1S/C15H15BrO/c1-10-6-7-11(2)14(8-10)15(17)12-4-3-5-13(16)9-12/h3-9,15,17H,1-2H3/t15-/m1/s1. The monoisotopic (exact) mass is 290 g/mol. The molecule has 0 aliphatic rings. The molecule has 2 aromatic carbocycles. The van der Waals surface area contributed by atoms with Crippen LogP contribution >= 0.6 is 15.9 Å². The molecule has 0 saturated carbocycles. The topological polar surface area (TPSA) is 20.2 Å². The molecule has 0 bridgehead atoms. The number of halogens is 1. The zero-order valence-corrected chi connectivity index (χ0v) is 11.5. The van der Waals surface area contributed by atoms with Gasteiger partial charge in [0.15, 0.2) is 0 Å². The van der Waals surface area contributed by atoms with Crippen molar-refractivity contribution in [2.75, 3.05) is 0 Å². The van der Waals surface area contributed by atoms with Gasteiger partial charge in [0.2, 0.25) is 0 Å². The van der Waals surface area contributed by atoms with E-state index < -0.39 is 6.10 Å². The molecule has 1 nitrogen and oxygen atoms in total. The van der Waals surface area contributed by atoms with E-state index in [4.69, 9.17) is 0 Å². The lowest BCUT2D eigenvalue weighted by molar-refractivity contribution is 0.219. The van der Waals surface area contributed by atoms with Gasteiger partial charge in [-0.3, -0.25) is 0 Å². The Morgan fingerprint density at radius 1 is 1.06 bits per heavy atom. The molecule has 0 unspecified atom stereocenters. The molecule has 1 atom stereocenters. The van der Waals surface area contributed by atoms with Crippen LogP contribution in [0.1, 0.15) is 28.4 Å². The smallest absolute Gasteiger partial charge is 0.104 e. The van der Waals surface area contributed by atoms with E-state index in [0.717, 1.165) is 21.2 Å². The highest BCUT2D eigenvalue weighted by Gasteiger charge is 2.13. The van der Waals surface area contributed by atoms with E-state index in [1.807, 2.05) is 50.2 Å². The molecule has 0 aliphatic heterocycles. The van der Waals surface area contributed by atoms with Gasteiger partial charge in [0.25, 0.3) is 0 Å². The van der Waals surface area contributed by atoms with Crippen LogP contribution in [0.4, 0.5) is 0 Å². The van der Waals surface area contributed by atoms with E-state index in [0.29, 0.717) is 0 Å². The number of hydrogen-bond acceptors (Lipinski definition) is 1. The molecule has 0 aromatic heterocycles. The third kappa shape index (κ3) is 2.76. The Hall–Kier alpha value is -1.12. The Balaban J connectivity index is 2.43. The SMILES string of the molecule is Cc1ccc(C)c([C@H](O)c2cccc(Br)c2)c1. The first-order valence-corrected chi connectivity index (χ1v) is 6.38. The molecule has 0 aliphatic carbocycles. The summed E-state index contributed by atoms with van der Waals surface area (Å²) in [5.41, 5.74) is 4.17. The van der Waals surface area contributed by atoms with Crippen LogP contribution in [-0.2, 0) is 0 Å². The molecule has 0 saturated heterocycles. The lowest BCUT2D eigenvalue weighted by atomic mass is 9.96. The maximum absolute atomic E-state index is 10.4. The highest BCUT2D eigenvalue weighted by Crippen LogP contribution is 2.27. The zero-order chi connectivity index (χ0) is 12.4. The van der Waals surface area contributed by atoms with Crippen LogP contribution in [-0.4, -0.2) is 5.11 Å². The van der Waals surface area contributed by atoms with Crippen molar-refractivity contribution in [3.63, 3.8) is 0 Å². The summed E-state index contributed by atoms with van der Waals surface area (Å²) in [6.07, 6.45) is -0.563. The Kier molecular flexibility index (Phi) is 3.65. The summed E-state index contributed by atoms with van der Waals surface area (Å²) < 4.78 is 0.986. The minimum atomic E-state index is -0.563. The van der Waals surface area contributed by atoms with Gasteiger partial charge >= 0.3 is 0 Å². The molecule has 2 rings (SSSR count). The highest BCUT2D eigenvalue weighted by molar-refractivity contribution is 9.10. The summed E-state index contributed by atoms with van der Waals surface area (Å²) in [5.74, 6) is 0. The van der Waals surface area contributed by atoms with Gasteiger partial charge in [-0.25, -0.2) is 0 Å². The molecule has 1 N–H and O–H groups in total. The molecule has 2 aromatic rings. The minimum absolute atomic E-state index is 0.563. The van der Waals surface area contributed by atoms with Gasteiger partial charge in [-0.05, 0) is 42.7 Å². The fraction of sp³-hybridized carbons (Fsp3) is 0.200. The molecule has 0 spiro atoms. The van der Waals surface area contributed by atoms with Crippen LogP contribution < -0.4 is 0 Å². The maximum atomic E-state index is 10.4. The van der Waals surface area contributed by atoms with Crippen LogP contribution in [0.15, 0.2) is 46.9 Å². The highest BCUT2D eigenvalue weighted by atomic mass is 79.9. The molecule has 0 heterocycles. The predicted molar refractivity (Wildman–Crippen MR) is 74.1 cm³/mol. The van der Waals surface area contributed by atoms with Crippen LogP contribution in [0.5, 0.6) is 0 Å². The van der Waals surface area contributed by atoms with Crippen LogP contribution in [0.2, 0.25) is 0 Å². The van der Waals surface area contributed by atoms with Gasteiger partial charge in [-0.1, -0.05) is 51.8 Å². The second kappa shape index (κ2) is 5.03. The number of aryl methyl sites for hydroxylation is 2. The zero-order valence-electron chi connectivity index (χ0n) is 9.94. The maximum Gasteiger partial charge on any atom is 0.104 e. The third-order valence-electron chi connectivity index (χ3n) is 2.89. The fourth-order valence-electron chi connectivity index (χ4n) is 1.91. The van der Waals surface area contributed by atoms with Gasteiger partial charge < -0.3 is 5.11 Å². The van der Waals surface area contributed by atoms with E-state index in [1.54, 1.807) is 0 Å². The van der Waals surface area contributed by atoms with Crippen molar-refractivity contribution in [2.45, 2.75) is 20.0 Å². The van der Waals surface area contributed by atoms with Crippen molar-refractivity contribution in [1.82, 2.24) is 0 Å². The summed E-state index contributed by atoms with van der Waals surface area (Å²) >= 11 is 3.42.